The van der Waals surface area contributed by atoms with Crippen LogP contribution >= 0.6 is 0 Å². The molecule has 3 aromatic heterocycles. The quantitative estimate of drug-likeness (QED) is 0.352. The molecule has 3 nitrogen and oxygen atoms in total. The molecule has 3 aliphatic carbocycles. The van der Waals surface area contributed by atoms with Gasteiger partial charge in [0, 0.05) is 34.7 Å². The maximum absolute atomic E-state index is 4.71. The average Bonchev–Trinajstić information content (AvgIpc) is 3.41. The van der Waals surface area contributed by atoms with Gasteiger partial charge >= 0.3 is 0 Å². The third kappa shape index (κ3) is 7.52. The van der Waals surface area contributed by atoms with Gasteiger partial charge < -0.3 is 0 Å². The van der Waals surface area contributed by atoms with Crippen LogP contribution in [-0.2, 0) is 38.5 Å². The predicted molar refractivity (Wildman–Crippen MR) is 160 cm³/mol. The summed E-state index contributed by atoms with van der Waals surface area (Å²) in [6.07, 6.45) is 16.0. The lowest BCUT2D eigenvalue weighted by Gasteiger charge is -2.16. The SMILES string of the molecule is CC(C)c1ccc2c(n1)CCC2.CC(C)c1ccc2c(n1)CCCC2.CC(C)c1cnc2c(c1)CCCC2. The van der Waals surface area contributed by atoms with Crippen LogP contribution in [0.15, 0.2) is 36.5 Å². The Hall–Kier alpha value is -2.55. The normalized spacial score (nSPS) is 15.7. The fourth-order valence-corrected chi connectivity index (χ4v) is 5.60. The lowest BCUT2D eigenvalue weighted by molar-refractivity contribution is 0.657. The molecule has 0 atom stereocenters. The van der Waals surface area contributed by atoms with E-state index in [9.17, 15) is 0 Å². The van der Waals surface area contributed by atoms with Crippen LogP contribution in [0.5, 0.6) is 0 Å². The van der Waals surface area contributed by atoms with Gasteiger partial charge in [-0.1, -0.05) is 59.7 Å². The molecule has 0 fully saturated rings. The summed E-state index contributed by atoms with van der Waals surface area (Å²) in [4.78, 5) is 13.9. The molecular formula is C35H49N3. The van der Waals surface area contributed by atoms with E-state index >= 15 is 0 Å². The molecule has 3 aliphatic rings. The fourth-order valence-electron chi connectivity index (χ4n) is 5.60. The van der Waals surface area contributed by atoms with Crippen molar-refractivity contribution in [3.8, 4) is 0 Å². The van der Waals surface area contributed by atoms with Gasteiger partial charge in [-0.2, -0.15) is 0 Å². The number of rotatable bonds is 3. The molecule has 0 aliphatic heterocycles. The Morgan fingerprint density at radius 1 is 0.500 bits per heavy atom. The van der Waals surface area contributed by atoms with Gasteiger partial charge in [0.15, 0.2) is 0 Å². The van der Waals surface area contributed by atoms with Crippen LogP contribution in [0.2, 0.25) is 0 Å². The number of aromatic nitrogens is 3. The molecule has 0 saturated carbocycles. The van der Waals surface area contributed by atoms with Crippen molar-refractivity contribution in [2.45, 2.75) is 130 Å². The van der Waals surface area contributed by atoms with Crippen LogP contribution in [0.1, 0.15) is 142 Å². The summed E-state index contributed by atoms with van der Waals surface area (Å²) in [6, 6.07) is 11.2. The molecule has 38 heavy (non-hydrogen) atoms. The van der Waals surface area contributed by atoms with E-state index in [-0.39, 0.29) is 0 Å². The number of nitrogens with zero attached hydrogens (tertiary/aromatic N) is 3. The molecule has 0 unspecified atom stereocenters. The van der Waals surface area contributed by atoms with Gasteiger partial charge in [0.25, 0.3) is 0 Å². The average molecular weight is 512 g/mol. The third-order valence-corrected chi connectivity index (χ3v) is 8.19. The zero-order valence-corrected chi connectivity index (χ0v) is 24.8. The molecule has 0 N–H and O–H groups in total. The standard InChI is InChI=1S/2C12H17N.C11H15N/c1-9(2)11-7-10-5-3-4-6-12(10)13-8-11;1-9(2)11-8-7-10-5-3-4-6-12(10)13-11;1-8(2)10-7-6-9-4-3-5-11(9)12-10/h2*7-9H,3-6H2,1-2H3;6-8H,3-5H2,1-2H3. The summed E-state index contributed by atoms with van der Waals surface area (Å²) < 4.78 is 0. The summed E-state index contributed by atoms with van der Waals surface area (Å²) in [7, 11) is 0. The molecule has 0 bridgehead atoms. The van der Waals surface area contributed by atoms with E-state index in [4.69, 9.17) is 4.98 Å². The lowest BCUT2D eigenvalue weighted by atomic mass is 9.93. The van der Waals surface area contributed by atoms with E-state index in [2.05, 4.69) is 88.0 Å². The van der Waals surface area contributed by atoms with E-state index in [1.807, 2.05) is 0 Å². The lowest BCUT2D eigenvalue weighted by Crippen LogP contribution is -2.07. The number of hydrogen-bond donors (Lipinski definition) is 0. The van der Waals surface area contributed by atoms with Gasteiger partial charge in [-0.15, -0.1) is 0 Å². The Labute approximate surface area is 231 Å². The minimum absolute atomic E-state index is 0.562. The van der Waals surface area contributed by atoms with Gasteiger partial charge in [0.2, 0.25) is 0 Å². The Bertz CT molecular complexity index is 1130. The van der Waals surface area contributed by atoms with Gasteiger partial charge in [-0.25, -0.2) is 0 Å². The first-order valence-electron chi connectivity index (χ1n) is 15.3. The second-order valence-electron chi connectivity index (χ2n) is 12.3. The van der Waals surface area contributed by atoms with Gasteiger partial charge in [0.05, 0.1) is 0 Å². The number of pyridine rings is 3. The first kappa shape index (κ1) is 28.5. The zero-order valence-electron chi connectivity index (χ0n) is 24.8. The predicted octanol–water partition coefficient (Wildman–Crippen LogP) is 8.86. The van der Waals surface area contributed by atoms with E-state index in [1.54, 1.807) is 0 Å². The van der Waals surface area contributed by atoms with Crippen molar-refractivity contribution in [1.82, 2.24) is 15.0 Å². The molecule has 3 aromatic rings. The second kappa shape index (κ2) is 13.5. The highest BCUT2D eigenvalue weighted by atomic mass is 14.7. The minimum atomic E-state index is 0.562. The van der Waals surface area contributed by atoms with Crippen LogP contribution in [0, 0.1) is 0 Å². The topological polar surface area (TPSA) is 38.7 Å². The number of fused-ring (bicyclic) bond motifs is 3. The molecule has 0 radical (unpaired) electrons. The van der Waals surface area contributed by atoms with Gasteiger partial charge in [0.1, 0.15) is 0 Å². The van der Waals surface area contributed by atoms with Gasteiger partial charge in [-0.3, -0.25) is 15.0 Å². The van der Waals surface area contributed by atoms with Crippen molar-refractivity contribution in [2.75, 3.05) is 0 Å². The van der Waals surface area contributed by atoms with Crippen LogP contribution in [0.4, 0.5) is 0 Å². The monoisotopic (exact) mass is 511 g/mol. The van der Waals surface area contributed by atoms with E-state index in [0.29, 0.717) is 17.8 Å². The van der Waals surface area contributed by atoms with Crippen molar-refractivity contribution < 1.29 is 0 Å². The molecule has 3 heteroatoms. The Kier molecular flexibility index (Phi) is 10.1. The maximum atomic E-state index is 4.71. The van der Waals surface area contributed by atoms with E-state index in [0.717, 1.165) is 0 Å². The van der Waals surface area contributed by atoms with Crippen molar-refractivity contribution in [2.24, 2.45) is 0 Å². The molecular weight excluding hydrogens is 462 g/mol. The highest BCUT2D eigenvalue weighted by Gasteiger charge is 2.14. The van der Waals surface area contributed by atoms with Crippen molar-refractivity contribution >= 4 is 0 Å². The Morgan fingerprint density at radius 2 is 0.974 bits per heavy atom. The van der Waals surface area contributed by atoms with Crippen molar-refractivity contribution in [3.63, 3.8) is 0 Å². The largest absolute Gasteiger partial charge is 0.261 e. The highest BCUT2D eigenvalue weighted by Crippen LogP contribution is 2.24. The van der Waals surface area contributed by atoms with Crippen LogP contribution < -0.4 is 0 Å². The molecule has 0 aromatic carbocycles. The summed E-state index contributed by atoms with van der Waals surface area (Å²) >= 11 is 0. The molecule has 0 saturated heterocycles. The fraction of sp³-hybridized carbons (Fsp3) is 0.571. The van der Waals surface area contributed by atoms with Gasteiger partial charge in [-0.05, 0) is 123 Å². The zero-order chi connectivity index (χ0) is 27.1. The summed E-state index contributed by atoms with van der Waals surface area (Å²) in [5.74, 6) is 1.74. The third-order valence-electron chi connectivity index (χ3n) is 8.19. The maximum Gasteiger partial charge on any atom is 0.0439 e. The smallest absolute Gasteiger partial charge is 0.0439 e. The molecule has 0 spiro atoms. The molecule has 0 amide bonds. The first-order chi connectivity index (χ1) is 18.3. The first-order valence-corrected chi connectivity index (χ1v) is 15.3. The highest BCUT2D eigenvalue weighted by molar-refractivity contribution is 5.29. The van der Waals surface area contributed by atoms with Crippen LogP contribution in [0.25, 0.3) is 0 Å². The van der Waals surface area contributed by atoms with Crippen LogP contribution in [0.3, 0.4) is 0 Å². The summed E-state index contributed by atoms with van der Waals surface area (Å²) in [5, 5.41) is 0. The Morgan fingerprint density at radius 3 is 1.53 bits per heavy atom. The summed E-state index contributed by atoms with van der Waals surface area (Å²) in [6.45, 7) is 13.3. The molecule has 204 valence electrons. The number of hydrogen-bond acceptors (Lipinski definition) is 3. The van der Waals surface area contributed by atoms with Crippen molar-refractivity contribution in [1.29, 1.82) is 0 Å². The molecule has 6 rings (SSSR count). The van der Waals surface area contributed by atoms with Crippen molar-refractivity contribution in [3.05, 3.63) is 87.3 Å². The number of aryl methyl sites for hydroxylation is 6. The summed E-state index contributed by atoms with van der Waals surface area (Å²) in [5.41, 5.74) is 12.4. The Balaban J connectivity index is 0.000000133. The minimum Gasteiger partial charge on any atom is -0.261 e. The molecule has 3 heterocycles. The van der Waals surface area contributed by atoms with E-state index in [1.165, 1.54) is 121 Å². The second-order valence-corrected chi connectivity index (χ2v) is 12.3. The van der Waals surface area contributed by atoms with Crippen LogP contribution in [-0.4, -0.2) is 15.0 Å². The van der Waals surface area contributed by atoms with E-state index < -0.39 is 0 Å².